The number of ether oxygens (including phenoxy) is 2. The summed E-state index contributed by atoms with van der Waals surface area (Å²) in [5, 5.41) is 0.498. The minimum atomic E-state index is -0.558. The fourth-order valence-corrected chi connectivity index (χ4v) is 1.90. The van der Waals surface area contributed by atoms with Gasteiger partial charge in [-0.3, -0.25) is 9.59 Å². The van der Waals surface area contributed by atoms with Gasteiger partial charge in [0.25, 0.3) is 0 Å². The molecule has 0 rings (SSSR count). The number of alkyl halides is 2. The molecule has 0 aliphatic rings. The Balaban J connectivity index is 4.34. The summed E-state index contributed by atoms with van der Waals surface area (Å²) in [7, 11) is 0. The van der Waals surface area contributed by atoms with Crippen LogP contribution in [0.25, 0.3) is 0 Å². The fourth-order valence-electron chi connectivity index (χ4n) is 0.903. The second kappa shape index (κ2) is 8.75. The van der Waals surface area contributed by atoms with Crippen molar-refractivity contribution in [1.82, 2.24) is 0 Å². The van der Waals surface area contributed by atoms with Crippen molar-refractivity contribution in [3.05, 3.63) is 0 Å². The lowest BCUT2D eigenvalue weighted by Gasteiger charge is -2.28. The molecule has 0 fully saturated rings. The van der Waals surface area contributed by atoms with Crippen molar-refractivity contribution in [1.29, 1.82) is 0 Å². The van der Waals surface area contributed by atoms with E-state index in [2.05, 4.69) is 15.9 Å². The van der Waals surface area contributed by atoms with Crippen LogP contribution in [0, 0.1) is 5.41 Å². The van der Waals surface area contributed by atoms with Crippen LogP contribution >= 0.6 is 27.5 Å². The smallest absolute Gasteiger partial charge is 0.305 e. The SMILES string of the molecule is CCC(=O)OCC(CCl)(CBr)COC(=O)CC. The monoisotopic (exact) mass is 328 g/mol. The maximum Gasteiger partial charge on any atom is 0.305 e. The second-order valence-electron chi connectivity index (χ2n) is 3.80. The Morgan fingerprint density at radius 1 is 1.12 bits per heavy atom. The third-order valence-electron chi connectivity index (χ3n) is 2.22. The molecule has 0 aromatic heterocycles. The molecule has 0 radical (unpaired) electrons. The molecule has 0 N–H and O–H groups in total. The van der Waals surface area contributed by atoms with Gasteiger partial charge in [0.2, 0.25) is 0 Å². The number of carbonyl (C=O) groups excluding carboxylic acids is 2. The molecule has 0 amide bonds. The average molecular weight is 330 g/mol. The van der Waals surface area contributed by atoms with Crippen LogP contribution in [-0.2, 0) is 19.1 Å². The fraction of sp³-hybridized carbons (Fsp3) is 0.818. The molecule has 0 aromatic rings. The predicted octanol–water partition coefficient (Wildman–Crippen LogP) is 2.51. The highest BCUT2D eigenvalue weighted by molar-refractivity contribution is 9.09. The molecule has 6 heteroatoms. The largest absolute Gasteiger partial charge is 0.465 e. The van der Waals surface area contributed by atoms with Crippen molar-refractivity contribution in [2.75, 3.05) is 24.4 Å². The maximum absolute atomic E-state index is 11.1. The first-order chi connectivity index (χ1) is 8.03. The van der Waals surface area contributed by atoms with Gasteiger partial charge in [0, 0.05) is 24.1 Å². The maximum atomic E-state index is 11.1. The lowest BCUT2D eigenvalue weighted by Crippen LogP contribution is -2.37. The molecule has 0 aliphatic carbocycles. The van der Waals surface area contributed by atoms with Gasteiger partial charge in [-0.1, -0.05) is 29.8 Å². The number of hydrogen-bond donors (Lipinski definition) is 0. The van der Waals surface area contributed by atoms with Crippen LogP contribution in [0.3, 0.4) is 0 Å². The van der Waals surface area contributed by atoms with Crippen LogP contribution in [0.15, 0.2) is 0 Å². The topological polar surface area (TPSA) is 52.6 Å². The zero-order chi connectivity index (χ0) is 13.3. The van der Waals surface area contributed by atoms with Gasteiger partial charge in [-0.25, -0.2) is 0 Å². The molecule has 0 spiro atoms. The zero-order valence-electron chi connectivity index (χ0n) is 10.1. The van der Waals surface area contributed by atoms with Crippen molar-refractivity contribution in [3.8, 4) is 0 Å². The average Bonchev–Trinajstić information content (AvgIpc) is 2.38. The Labute approximate surface area is 115 Å². The van der Waals surface area contributed by atoms with E-state index in [0.29, 0.717) is 18.2 Å². The summed E-state index contributed by atoms with van der Waals surface area (Å²) in [6.07, 6.45) is 0.630. The molecule has 0 saturated heterocycles. The Kier molecular flexibility index (Phi) is 8.60. The van der Waals surface area contributed by atoms with Crippen LogP contribution < -0.4 is 0 Å². The summed E-state index contributed by atoms with van der Waals surface area (Å²) in [6, 6.07) is 0. The van der Waals surface area contributed by atoms with E-state index in [1.807, 2.05) is 0 Å². The van der Waals surface area contributed by atoms with Gasteiger partial charge in [0.1, 0.15) is 13.2 Å². The van der Waals surface area contributed by atoms with Crippen molar-refractivity contribution < 1.29 is 19.1 Å². The third-order valence-corrected chi connectivity index (χ3v) is 3.98. The Hall–Kier alpha value is -0.290. The molecule has 0 heterocycles. The van der Waals surface area contributed by atoms with Crippen LogP contribution in [0.4, 0.5) is 0 Å². The van der Waals surface area contributed by atoms with E-state index < -0.39 is 5.41 Å². The van der Waals surface area contributed by atoms with E-state index >= 15 is 0 Å². The van der Waals surface area contributed by atoms with Crippen LogP contribution in [-0.4, -0.2) is 36.4 Å². The molecule has 0 unspecified atom stereocenters. The highest BCUT2D eigenvalue weighted by Gasteiger charge is 2.31. The lowest BCUT2D eigenvalue weighted by molar-refractivity contribution is -0.151. The molecule has 4 nitrogen and oxygen atoms in total. The quantitative estimate of drug-likeness (QED) is 0.507. The second-order valence-corrected chi connectivity index (χ2v) is 4.62. The summed E-state index contributed by atoms with van der Waals surface area (Å²) < 4.78 is 10.1. The number of esters is 2. The summed E-state index contributed by atoms with van der Waals surface area (Å²) in [5.41, 5.74) is -0.558. The third kappa shape index (κ3) is 6.27. The molecule has 0 aliphatic heterocycles. The van der Waals surface area contributed by atoms with Gasteiger partial charge in [0.05, 0.1) is 5.41 Å². The normalized spacial score (nSPS) is 11.1. The molecule has 0 saturated carbocycles. The van der Waals surface area contributed by atoms with Gasteiger partial charge in [-0.15, -0.1) is 11.6 Å². The first-order valence-corrected chi connectivity index (χ1v) is 7.12. The molecule has 0 atom stereocenters. The molecule has 0 aromatic carbocycles. The van der Waals surface area contributed by atoms with Gasteiger partial charge in [-0.2, -0.15) is 0 Å². The van der Waals surface area contributed by atoms with Crippen molar-refractivity contribution in [2.24, 2.45) is 5.41 Å². The highest BCUT2D eigenvalue weighted by atomic mass is 79.9. The molecule has 0 bridgehead atoms. The first-order valence-electron chi connectivity index (χ1n) is 5.46. The Bertz CT molecular complexity index is 232. The standard InChI is InChI=1S/C11H18BrClO4/c1-3-9(14)16-7-11(5-12,6-13)8-17-10(15)4-2/h3-8H2,1-2H3. The zero-order valence-corrected chi connectivity index (χ0v) is 12.5. The van der Waals surface area contributed by atoms with Crippen LogP contribution in [0.2, 0.25) is 0 Å². The van der Waals surface area contributed by atoms with E-state index in [-0.39, 0.29) is 31.0 Å². The van der Waals surface area contributed by atoms with Crippen molar-refractivity contribution >= 4 is 39.5 Å². The van der Waals surface area contributed by atoms with Gasteiger partial charge < -0.3 is 9.47 Å². The first kappa shape index (κ1) is 16.7. The predicted molar refractivity (Wildman–Crippen MR) is 69.4 cm³/mol. The van der Waals surface area contributed by atoms with E-state index in [9.17, 15) is 9.59 Å². The molecular weight excluding hydrogens is 311 g/mol. The molecular formula is C11H18BrClO4. The molecule has 17 heavy (non-hydrogen) atoms. The minimum absolute atomic E-state index is 0.144. The summed E-state index contributed by atoms with van der Waals surface area (Å²) in [6.45, 7) is 3.72. The number of hydrogen-bond acceptors (Lipinski definition) is 4. The van der Waals surface area contributed by atoms with Crippen LogP contribution in [0.1, 0.15) is 26.7 Å². The van der Waals surface area contributed by atoms with Gasteiger partial charge in [0.15, 0.2) is 0 Å². The van der Waals surface area contributed by atoms with E-state index in [1.165, 1.54) is 0 Å². The number of rotatable bonds is 8. The summed E-state index contributed by atoms with van der Waals surface area (Å²) >= 11 is 9.18. The van der Waals surface area contributed by atoms with E-state index in [4.69, 9.17) is 21.1 Å². The lowest BCUT2D eigenvalue weighted by atomic mass is 9.96. The Morgan fingerprint density at radius 3 is 1.76 bits per heavy atom. The van der Waals surface area contributed by atoms with Crippen LogP contribution in [0.5, 0.6) is 0 Å². The van der Waals surface area contributed by atoms with E-state index in [0.717, 1.165) is 0 Å². The van der Waals surface area contributed by atoms with Crippen molar-refractivity contribution in [2.45, 2.75) is 26.7 Å². The Morgan fingerprint density at radius 2 is 1.53 bits per heavy atom. The minimum Gasteiger partial charge on any atom is -0.465 e. The summed E-state index contributed by atoms with van der Waals surface area (Å²) in [4.78, 5) is 22.2. The van der Waals surface area contributed by atoms with Crippen molar-refractivity contribution in [3.63, 3.8) is 0 Å². The number of halogens is 2. The number of carbonyl (C=O) groups is 2. The van der Waals surface area contributed by atoms with E-state index in [1.54, 1.807) is 13.8 Å². The van der Waals surface area contributed by atoms with Gasteiger partial charge >= 0.3 is 11.9 Å². The van der Waals surface area contributed by atoms with Gasteiger partial charge in [-0.05, 0) is 0 Å². The summed E-state index contributed by atoms with van der Waals surface area (Å²) in [5.74, 6) is -0.337. The molecule has 100 valence electrons. The highest BCUT2D eigenvalue weighted by Crippen LogP contribution is 2.24.